The first kappa shape index (κ1) is 7.30. The number of hydrogen-bond donors (Lipinski definition) is 2. The molecule has 0 radical (unpaired) electrons. The Morgan fingerprint density at radius 1 is 1.83 bits per heavy atom. The molecular formula is C7H9N3O2. The molecule has 1 heterocycles. The summed E-state index contributed by atoms with van der Waals surface area (Å²) in [5.41, 5.74) is 5.51. The molecule has 5 heteroatoms. The largest absolute Gasteiger partial charge is 0.351 e. The number of aromatic nitrogens is 1. The SMILES string of the molecule is NC1CC1NC(=O)c1ccno1. The fourth-order valence-corrected chi connectivity index (χ4v) is 0.953. The minimum Gasteiger partial charge on any atom is -0.351 e. The first-order valence-corrected chi connectivity index (χ1v) is 3.74. The Morgan fingerprint density at radius 2 is 2.58 bits per heavy atom. The van der Waals surface area contributed by atoms with Gasteiger partial charge in [-0.25, -0.2) is 0 Å². The van der Waals surface area contributed by atoms with Gasteiger partial charge < -0.3 is 15.6 Å². The van der Waals surface area contributed by atoms with Crippen LogP contribution in [0.1, 0.15) is 17.0 Å². The quantitative estimate of drug-likeness (QED) is 0.622. The standard InChI is InChI=1S/C7H9N3O2/c8-4-3-5(4)10-7(11)6-1-2-9-12-6/h1-2,4-5H,3,8H2,(H,10,11). The molecule has 1 amide bonds. The van der Waals surface area contributed by atoms with Gasteiger partial charge in [-0.1, -0.05) is 5.16 Å². The van der Waals surface area contributed by atoms with Gasteiger partial charge in [0, 0.05) is 18.2 Å². The zero-order valence-corrected chi connectivity index (χ0v) is 6.36. The van der Waals surface area contributed by atoms with Gasteiger partial charge in [0.25, 0.3) is 5.91 Å². The van der Waals surface area contributed by atoms with Gasteiger partial charge >= 0.3 is 0 Å². The molecule has 2 rings (SSSR count). The number of nitrogens with two attached hydrogens (primary N) is 1. The Hall–Kier alpha value is -1.36. The van der Waals surface area contributed by atoms with Crippen LogP contribution >= 0.6 is 0 Å². The third kappa shape index (κ3) is 1.31. The third-order valence-corrected chi connectivity index (χ3v) is 1.82. The van der Waals surface area contributed by atoms with E-state index in [0.717, 1.165) is 6.42 Å². The van der Waals surface area contributed by atoms with Gasteiger partial charge in [-0.05, 0) is 6.42 Å². The van der Waals surface area contributed by atoms with Crippen LogP contribution in [-0.4, -0.2) is 23.1 Å². The van der Waals surface area contributed by atoms with Crippen molar-refractivity contribution in [2.45, 2.75) is 18.5 Å². The molecule has 1 fully saturated rings. The van der Waals surface area contributed by atoms with Crippen LogP contribution in [0, 0.1) is 0 Å². The summed E-state index contributed by atoms with van der Waals surface area (Å²) in [6, 6.07) is 1.74. The van der Waals surface area contributed by atoms with Crippen molar-refractivity contribution in [3.8, 4) is 0 Å². The van der Waals surface area contributed by atoms with Crippen LogP contribution in [0.4, 0.5) is 0 Å². The highest BCUT2D eigenvalue weighted by atomic mass is 16.5. The maximum atomic E-state index is 11.2. The van der Waals surface area contributed by atoms with E-state index >= 15 is 0 Å². The molecule has 1 saturated carbocycles. The number of carbonyl (C=O) groups excluding carboxylic acids is 1. The van der Waals surface area contributed by atoms with Crippen molar-refractivity contribution in [2.24, 2.45) is 5.73 Å². The van der Waals surface area contributed by atoms with E-state index < -0.39 is 0 Å². The Balaban J connectivity index is 1.93. The van der Waals surface area contributed by atoms with Crippen molar-refractivity contribution in [3.05, 3.63) is 18.0 Å². The number of nitrogens with one attached hydrogen (secondary N) is 1. The van der Waals surface area contributed by atoms with Crippen molar-refractivity contribution >= 4 is 5.91 Å². The molecule has 0 saturated heterocycles. The van der Waals surface area contributed by atoms with Gasteiger partial charge in [0.05, 0.1) is 6.20 Å². The summed E-state index contributed by atoms with van der Waals surface area (Å²) in [5, 5.41) is 6.13. The lowest BCUT2D eigenvalue weighted by molar-refractivity contribution is 0.0913. The average molecular weight is 167 g/mol. The Bertz CT molecular complexity index is 283. The smallest absolute Gasteiger partial charge is 0.290 e. The van der Waals surface area contributed by atoms with Gasteiger partial charge in [0.15, 0.2) is 0 Å². The number of carbonyl (C=O) groups is 1. The molecule has 2 atom stereocenters. The van der Waals surface area contributed by atoms with E-state index in [-0.39, 0.29) is 23.8 Å². The molecule has 12 heavy (non-hydrogen) atoms. The highest BCUT2D eigenvalue weighted by molar-refractivity contribution is 5.91. The van der Waals surface area contributed by atoms with Crippen LogP contribution in [-0.2, 0) is 0 Å². The van der Waals surface area contributed by atoms with Gasteiger partial charge in [-0.3, -0.25) is 4.79 Å². The van der Waals surface area contributed by atoms with Crippen molar-refractivity contribution < 1.29 is 9.32 Å². The topological polar surface area (TPSA) is 81.1 Å². The first-order chi connectivity index (χ1) is 5.77. The van der Waals surface area contributed by atoms with E-state index in [1.165, 1.54) is 12.3 Å². The maximum Gasteiger partial charge on any atom is 0.290 e. The van der Waals surface area contributed by atoms with Gasteiger partial charge in [-0.15, -0.1) is 0 Å². The lowest BCUT2D eigenvalue weighted by atomic mass is 10.4. The summed E-state index contributed by atoms with van der Waals surface area (Å²) >= 11 is 0. The second kappa shape index (κ2) is 2.60. The average Bonchev–Trinajstić information content (AvgIpc) is 2.58. The summed E-state index contributed by atoms with van der Waals surface area (Å²) < 4.78 is 4.66. The molecular weight excluding hydrogens is 158 g/mol. The van der Waals surface area contributed by atoms with Crippen molar-refractivity contribution in [1.29, 1.82) is 0 Å². The molecule has 0 spiro atoms. The zero-order chi connectivity index (χ0) is 8.55. The highest BCUT2D eigenvalue weighted by Crippen LogP contribution is 2.18. The number of hydrogen-bond acceptors (Lipinski definition) is 4. The maximum absolute atomic E-state index is 11.2. The second-order valence-electron chi connectivity index (χ2n) is 2.86. The van der Waals surface area contributed by atoms with Crippen molar-refractivity contribution in [3.63, 3.8) is 0 Å². The Labute approximate surface area is 68.9 Å². The van der Waals surface area contributed by atoms with E-state index in [2.05, 4.69) is 15.0 Å². The molecule has 5 nitrogen and oxygen atoms in total. The molecule has 1 aromatic rings. The molecule has 0 aromatic carbocycles. The molecule has 3 N–H and O–H groups in total. The minimum absolute atomic E-state index is 0.108. The molecule has 1 aliphatic rings. The molecule has 0 aliphatic heterocycles. The molecule has 2 unspecified atom stereocenters. The van der Waals surface area contributed by atoms with Crippen LogP contribution in [0.25, 0.3) is 0 Å². The van der Waals surface area contributed by atoms with Crippen LogP contribution in [0.5, 0.6) is 0 Å². The van der Waals surface area contributed by atoms with E-state index in [9.17, 15) is 4.79 Å². The minimum atomic E-state index is -0.245. The van der Waals surface area contributed by atoms with E-state index in [4.69, 9.17) is 5.73 Å². The summed E-state index contributed by atoms with van der Waals surface area (Å²) in [6.07, 6.45) is 2.28. The summed E-state index contributed by atoms with van der Waals surface area (Å²) in [5.74, 6) is -0.0143. The van der Waals surface area contributed by atoms with Gasteiger partial charge in [-0.2, -0.15) is 0 Å². The number of rotatable bonds is 2. The van der Waals surface area contributed by atoms with Gasteiger partial charge in [0.2, 0.25) is 5.76 Å². The summed E-state index contributed by atoms with van der Waals surface area (Å²) in [6.45, 7) is 0. The highest BCUT2D eigenvalue weighted by Gasteiger charge is 2.35. The predicted molar refractivity (Wildman–Crippen MR) is 40.3 cm³/mol. The van der Waals surface area contributed by atoms with Gasteiger partial charge in [0.1, 0.15) is 0 Å². The normalized spacial score (nSPS) is 26.8. The monoisotopic (exact) mass is 167 g/mol. The lowest BCUT2D eigenvalue weighted by Crippen LogP contribution is -2.29. The van der Waals surface area contributed by atoms with E-state index in [1.807, 2.05) is 0 Å². The van der Waals surface area contributed by atoms with Crippen molar-refractivity contribution in [2.75, 3.05) is 0 Å². The van der Waals surface area contributed by atoms with Crippen LogP contribution in [0.3, 0.4) is 0 Å². The molecule has 64 valence electrons. The fourth-order valence-electron chi connectivity index (χ4n) is 0.953. The van der Waals surface area contributed by atoms with E-state index in [0.29, 0.717) is 0 Å². The molecule has 1 aromatic heterocycles. The Kier molecular flexibility index (Phi) is 1.58. The zero-order valence-electron chi connectivity index (χ0n) is 6.36. The second-order valence-corrected chi connectivity index (χ2v) is 2.86. The summed E-state index contributed by atoms with van der Waals surface area (Å²) in [7, 11) is 0. The van der Waals surface area contributed by atoms with Crippen LogP contribution in [0.2, 0.25) is 0 Å². The first-order valence-electron chi connectivity index (χ1n) is 3.74. The van der Waals surface area contributed by atoms with Crippen LogP contribution in [0.15, 0.2) is 16.8 Å². The predicted octanol–water partition coefficient (Wildman–Crippen LogP) is -0.496. The number of amides is 1. The Morgan fingerprint density at radius 3 is 3.08 bits per heavy atom. The third-order valence-electron chi connectivity index (χ3n) is 1.82. The lowest BCUT2D eigenvalue weighted by Gasteiger charge is -1.97. The van der Waals surface area contributed by atoms with E-state index in [1.54, 1.807) is 0 Å². The number of nitrogens with zero attached hydrogens (tertiary/aromatic N) is 1. The molecule has 1 aliphatic carbocycles. The molecule has 0 bridgehead atoms. The summed E-state index contributed by atoms with van der Waals surface area (Å²) in [4.78, 5) is 11.2. The fraction of sp³-hybridized carbons (Fsp3) is 0.429. The van der Waals surface area contributed by atoms with Crippen LogP contribution < -0.4 is 11.1 Å². The van der Waals surface area contributed by atoms with Crippen molar-refractivity contribution in [1.82, 2.24) is 10.5 Å².